The molecule has 0 aliphatic heterocycles. The normalized spacial score (nSPS) is 14.2. The lowest BCUT2D eigenvalue weighted by molar-refractivity contribution is -0.161. The maximum absolute atomic E-state index is 13.1. The van der Waals surface area contributed by atoms with Gasteiger partial charge in [-0.05, 0) is 43.4 Å². The van der Waals surface area contributed by atoms with Gasteiger partial charge in [-0.3, -0.25) is 37.3 Å². The van der Waals surface area contributed by atoms with Crippen molar-refractivity contribution in [2.75, 3.05) is 39.6 Å². The number of rotatable bonds is 81. The number of aliphatic hydroxyl groups is 1. The summed E-state index contributed by atoms with van der Waals surface area (Å²) in [6.45, 7) is 11.9. The van der Waals surface area contributed by atoms with Gasteiger partial charge in [0.2, 0.25) is 0 Å². The van der Waals surface area contributed by atoms with Gasteiger partial charge >= 0.3 is 39.5 Å². The lowest BCUT2D eigenvalue weighted by Gasteiger charge is -2.21. The van der Waals surface area contributed by atoms with E-state index in [2.05, 4.69) is 48.5 Å². The van der Waals surface area contributed by atoms with E-state index in [0.29, 0.717) is 25.7 Å². The first-order valence-electron chi connectivity index (χ1n) is 42.9. The summed E-state index contributed by atoms with van der Waals surface area (Å²) in [6, 6.07) is 0. The molecule has 0 heterocycles. The molecule has 0 aliphatic rings. The topological polar surface area (TPSA) is 237 Å². The zero-order valence-corrected chi connectivity index (χ0v) is 68.9. The molecule has 0 amide bonds. The van der Waals surface area contributed by atoms with Gasteiger partial charge in [-0.2, -0.15) is 0 Å². The van der Waals surface area contributed by atoms with Crippen LogP contribution < -0.4 is 0 Å². The summed E-state index contributed by atoms with van der Waals surface area (Å²) < 4.78 is 68.7. The maximum Gasteiger partial charge on any atom is 0.472 e. The number of phosphoric acid groups is 2. The monoisotopic (exact) mass is 1490 g/mol. The number of carbonyl (C=O) groups excluding carboxylic acids is 4. The molecule has 3 unspecified atom stereocenters. The Kier molecular flexibility index (Phi) is 71.8. The molecule has 0 bridgehead atoms. The first-order valence-corrected chi connectivity index (χ1v) is 45.9. The third-order valence-electron chi connectivity index (χ3n) is 19.7. The van der Waals surface area contributed by atoms with Crippen molar-refractivity contribution in [3.05, 3.63) is 0 Å². The van der Waals surface area contributed by atoms with Gasteiger partial charge in [0, 0.05) is 25.7 Å². The van der Waals surface area contributed by atoms with E-state index in [9.17, 15) is 43.2 Å². The number of esters is 4. The lowest BCUT2D eigenvalue weighted by Crippen LogP contribution is -2.30. The molecule has 0 saturated carbocycles. The van der Waals surface area contributed by atoms with Gasteiger partial charge in [0.15, 0.2) is 12.2 Å². The van der Waals surface area contributed by atoms with Crippen LogP contribution in [0, 0.1) is 17.8 Å². The van der Waals surface area contributed by atoms with Crippen LogP contribution in [-0.2, 0) is 65.4 Å². The second kappa shape index (κ2) is 73.2. The Balaban J connectivity index is 5.21. The van der Waals surface area contributed by atoms with E-state index in [4.69, 9.17) is 37.0 Å². The molecule has 606 valence electrons. The average molecular weight is 1490 g/mol. The maximum atomic E-state index is 13.1. The number of phosphoric ester groups is 2. The van der Waals surface area contributed by atoms with E-state index < -0.39 is 97.5 Å². The molecule has 0 fully saturated rings. The summed E-state index contributed by atoms with van der Waals surface area (Å²) in [5.74, 6) is 0.176. The summed E-state index contributed by atoms with van der Waals surface area (Å²) in [5.41, 5.74) is 0. The fourth-order valence-corrected chi connectivity index (χ4v) is 14.4. The van der Waals surface area contributed by atoms with Crippen LogP contribution >= 0.6 is 15.6 Å². The Morgan fingerprint density at radius 2 is 0.500 bits per heavy atom. The van der Waals surface area contributed by atoms with Crippen molar-refractivity contribution in [1.29, 1.82) is 0 Å². The highest BCUT2D eigenvalue weighted by atomic mass is 31.2. The molecule has 0 aromatic heterocycles. The molecular weight excluding hydrogens is 1330 g/mol. The highest BCUT2D eigenvalue weighted by Crippen LogP contribution is 2.45. The van der Waals surface area contributed by atoms with E-state index in [0.717, 1.165) is 114 Å². The second-order valence-corrected chi connectivity index (χ2v) is 34.0. The largest absolute Gasteiger partial charge is 0.472 e. The van der Waals surface area contributed by atoms with Crippen LogP contribution in [0.15, 0.2) is 0 Å². The van der Waals surface area contributed by atoms with Crippen molar-refractivity contribution in [2.24, 2.45) is 17.8 Å². The van der Waals surface area contributed by atoms with E-state index in [1.807, 2.05) is 0 Å². The molecule has 6 atom stereocenters. The van der Waals surface area contributed by atoms with Crippen LogP contribution in [0.4, 0.5) is 0 Å². The first-order chi connectivity index (χ1) is 49.3. The molecule has 0 radical (unpaired) electrons. The average Bonchev–Trinajstić information content (AvgIpc) is 0.932. The van der Waals surface area contributed by atoms with Crippen LogP contribution in [0.3, 0.4) is 0 Å². The second-order valence-electron chi connectivity index (χ2n) is 31.1. The minimum atomic E-state index is -4.96. The molecule has 0 aliphatic carbocycles. The predicted octanol–water partition coefficient (Wildman–Crippen LogP) is 24.9. The van der Waals surface area contributed by atoms with Crippen LogP contribution in [0.1, 0.15) is 434 Å². The number of aliphatic hydroxyl groups excluding tert-OH is 1. The van der Waals surface area contributed by atoms with E-state index >= 15 is 0 Å². The molecule has 19 heteroatoms. The minimum absolute atomic E-state index is 0.104. The van der Waals surface area contributed by atoms with Gasteiger partial charge < -0.3 is 33.8 Å². The Morgan fingerprint density at radius 3 is 0.745 bits per heavy atom. The summed E-state index contributed by atoms with van der Waals surface area (Å²) in [6.07, 6.45) is 62.7. The number of unbranched alkanes of at least 4 members (excludes halogenated alkanes) is 48. The fourth-order valence-electron chi connectivity index (χ4n) is 12.8. The van der Waals surface area contributed by atoms with Crippen molar-refractivity contribution >= 4 is 39.5 Å². The number of ether oxygens (including phenoxy) is 4. The van der Waals surface area contributed by atoms with Gasteiger partial charge in [-0.1, -0.05) is 382 Å². The summed E-state index contributed by atoms with van der Waals surface area (Å²) >= 11 is 0. The van der Waals surface area contributed by atoms with Gasteiger partial charge in [0.05, 0.1) is 26.4 Å². The molecule has 102 heavy (non-hydrogen) atoms. The molecule has 3 N–H and O–H groups in total. The first kappa shape index (κ1) is 100. The zero-order chi connectivity index (χ0) is 75.1. The minimum Gasteiger partial charge on any atom is -0.462 e. The standard InChI is InChI=1S/C83H162O17P2/c1-8-10-11-12-13-14-15-16-17-18-19-23-26-29-32-37-42-50-57-64-80(85)93-70-78(99-82(87)66-59-52-43-38-33-30-27-24-21-20-22-25-28-31-35-40-47-54-61-74(3)4)72-97-101(89,90)95-68-77(84)69-96-102(91,92)98-73-79(71-94-81(86)65-58-51-46-45-49-56-63-76(7)9-2)100-83(88)67-60-53-44-39-34-36-41-48-55-62-75(5)6/h74-79,84H,8-73H2,1-7H3,(H,89,90)(H,91,92)/t76?,77-,78-,79-/m1/s1. The smallest absolute Gasteiger partial charge is 0.462 e. The van der Waals surface area contributed by atoms with Crippen molar-refractivity contribution in [3.8, 4) is 0 Å². The SMILES string of the molecule is CCCCCCCCCCCCCCCCCCCCCC(=O)OC[C@H](COP(=O)(O)OC[C@@H](O)COP(=O)(O)OC[C@@H](COC(=O)CCCCCCCCC(C)CC)OC(=O)CCCCCCCCCCCC(C)C)OC(=O)CCCCCCCCCCCCCCCCCCCCC(C)C. The fraction of sp³-hybridized carbons (Fsp3) is 0.952. The third-order valence-corrected chi connectivity index (χ3v) is 21.6. The Bertz CT molecular complexity index is 1980. The van der Waals surface area contributed by atoms with Crippen LogP contribution in [0.2, 0.25) is 0 Å². The molecule has 0 spiro atoms. The summed E-state index contributed by atoms with van der Waals surface area (Å²) in [7, 11) is -9.92. The summed E-state index contributed by atoms with van der Waals surface area (Å²) in [5, 5.41) is 10.6. The van der Waals surface area contributed by atoms with Crippen LogP contribution in [-0.4, -0.2) is 96.7 Å². The van der Waals surface area contributed by atoms with E-state index in [1.165, 1.54) is 238 Å². The molecule has 0 aromatic rings. The van der Waals surface area contributed by atoms with Crippen molar-refractivity contribution in [1.82, 2.24) is 0 Å². The van der Waals surface area contributed by atoms with Gasteiger partial charge in [-0.15, -0.1) is 0 Å². The Hall–Kier alpha value is -1.94. The Morgan fingerprint density at radius 1 is 0.284 bits per heavy atom. The van der Waals surface area contributed by atoms with E-state index in [1.54, 1.807) is 0 Å². The molecule has 0 saturated heterocycles. The van der Waals surface area contributed by atoms with Crippen LogP contribution in [0.25, 0.3) is 0 Å². The molecule has 17 nitrogen and oxygen atoms in total. The van der Waals surface area contributed by atoms with Gasteiger partial charge in [-0.25, -0.2) is 9.13 Å². The highest BCUT2D eigenvalue weighted by Gasteiger charge is 2.30. The van der Waals surface area contributed by atoms with Gasteiger partial charge in [0.1, 0.15) is 19.3 Å². The number of hydrogen-bond donors (Lipinski definition) is 3. The lowest BCUT2D eigenvalue weighted by atomic mass is 10.00. The molecule has 0 aromatic carbocycles. The summed E-state index contributed by atoms with van der Waals surface area (Å²) in [4.78, 5) is 73.0. The highest BCUT2D eigenvalue weighted by molar-refractivity contribution is 7.47. The van der Waals surface area contributed by atoms with Crippen LogP contribution in [0.5, 0.6) is 0 Å². The van der Waals surface area contributed by atoms with Crippen molar-refractivity contribution in [3.63, 3.8) is 0 Å². The third kappa shape index (κ3) is 74.9. The predicted molar refractivity (Wildman–Crippen MR) is 418 cm³/mol. The molecular formula is C83H162O17P2. The van der Waals surface area contributed by atoms with E-state index in [-0.39, 0.29) is 25.7 Å². The molecule has 0 rings (SSSR count). The quantitative estimate of drug-likeness (QED) is 0.0222. The number of hydrogen-bond acceptors (Lipinski definition) is 15. The van der Waals surface area contributed by atoms with Gasteiger partial charge in [0.25, 0.3) is 0 Å². The number of carbonyl (C=O) groups is 4. The zero-order valence-electron chi connectivity index (χ0n) is 67.1. The van der Waals surface area contributed by atoms with Crippen molar-refractivity contribution < 1.29 is 80.2 Å². The Labute approximate surface area is 626 Å². The van der Waals surface area contributed by atoms with Crippen molar-refractivity contribution in [2.45, 2.75) is 452 Å².